The lowest BCUT2D eigenvalue weighted by atomic mass is 10.2. The molecule has 0 spiro atoms. The Hall–Kier alpha value is -4.59. The summed E-state index contributed by atoms with van der Waals surface area (Å²) in [7, 11) is 1.55. The lowest BCUT2D eigenvalue weighted by Crippen LogP contribution is -2.09. The zero-order valence-electron chi connectivity index (χ0n) is 20.5. The quantitative estimate of drug-likeness (QED) is 0.132. The predicted octanol–water partition coefficient (Wildman–Crippen LogP) is 5.41. The second kappa shape index (κ2) is 14.1. The van der Waals surface area contributed by atoms with Gasteiger partial charge >= 0.3 is 17.9 Å². The average Bonchev–Trinajstić information content (AvgIpc) is 2.93. The molecule has 3 rings (SSSR count). The third-order valence-electron chi connectivity index (χ3n) is 5.13. The van der Waals surface area contributed by atoms with Crippen molar-refractivity contribution >= 4 is 17.9 Å². The largest absolute Gasteiger partial charge is 0.497 e. The van der Waals surface area contributed by atoms with Crippen molar-refractivity contribution in [3.8, 4) is 23.0 Å². The second-order valence-corrected chi connectivity index (χ2v) is 7.78. The predicted molar refractivity (Wildman–Crippen MR) is 136 cm³/mol. The summed E-state index contributed by atoms with van der Waals surface area (Å²) < 4.78 is 26.4. The van der Waals surface area contributed by atoms with Crippen LogP contribution in [0.15, 0.2) is 85.5 Å². The molecular formula is C29H28O8. The molecule has 0 aromatic heterocycles. The van der Waals surface area contributed by atoms with Crippen molar-refractivity contribution in [1.82, 2.24) is 0 Å². The van der Waals surface area contributed by atoms with Gasteiger partial charge in [-0.15, -0.1) is 0 Å². The van der Waals surface area contributed by atoms with E-state index in [9.17, 15) is 14.4 Å². The molecule has 0 aliphatic rings. The summed E-state index contributed by atoms with van der Waals surface area (Å²) in [5.74, 6) is 0.457. The van der Waals surface area contributed by atoms with Crippen molar-refractivity contribution in [3.05, 3.63) is 96.6 Å². The fraction of sp³-hybridized carbons (Fsp3) is 0.207. The second-order valence-electron chi connectivity index (χ2n) is 7.78. The maximum absolute atomic E-state index is 12.5. The third-order valence-corrected chi connectivity index (χ3v) is 5.13. The summed E-state index contributed by atoms with van der Waals surface area (Å²) in [5, 5.41) is 0. The van der Waals surface area contributed by atoms with E-state index in [1.165, 1.54) is 0 Å². The molecule has 0 fully saturated rings. The Kier molecular flexibility index (Phi) is 10.3. The molecule has 0 saturated heterocycles. The molecule has 3 aromatic carbocycles. The highest BCUT2D eigenvalue weighted by Crippen LogP contribution is 2.21. The summed E-state index contributed by atoms with van der Waals surface area (Å²) in [6, 6.07) is 19.4. The van der Waals surface area contributed by atoms with Crippen LogP contribution in [0.5, 0.6) is 23.0 Å². The van der Waals surface area contributed by atoms with Gasteiger partial charge in [-0.3, -0.25) is 0 Å². The van der Waals surface area contributed by atoms with Crippen molar-refractivity contribution in [1.29, 1.82) is 0 Å². The number of carbonyl (C=O) groups is 3. The van der Waals surface area contributed by atoms with Crippen LogP contribution in [0, 0.1) is 0 Å². The number of ether oxygens (including phenoxy) is 5. The van der Waals surface area contributed by atoms with E-state index in [0.29, 0.717) is 47.3 Å². The first-order valence-corrected chi connectivity index (χ1v) is 11.7. The van der Waals surface area contributed by atoms with Gasteiger partial charge in [0, 0.05) is 6.08 Å². The van der Waals surface area contributed by atoms with Gasteiger partial charge in [-0.05, 0) is 92.1 Å². The van der Waals surface area contributed by atoms with Gasteiger partial charge in [-0.1, -0.05) is 6.58 Å². The molecule has 0 saturated carbocycles. The Morgan fingerprint density at radius 3 is 1.59 bits per heavy atom. The smallest absolute Gasteiger partial charge is 0.343 e. The number of unbranched alkanes of at least 4 members (excludes halogenated alkanes) is 2. The summed E-state index contributed by atoms with van der Waals surface area (Å²) in [4.78, 5) is 35.7. The summed E-state index contributed by atoms with van der Waals surface area (Å²) in [6.07, 6.45) is 3.55. The van der Waals surface area contributed by atoms with Crippen LogP contribution in [-0.2, 0) is 9.53 Å². The number of esters is 3. The molecule has 37 heavy (non-hydrogen) atoms. The van der Waals surface area contributed by atoms with E-state index in [0.717, 1.165) is 25.3 Å². The van der Waals surface area contributed by atoms with E-state index in [2.05, 4.69) is 6.58 Å². The molecule has 8 nitrogen and oxygen atoms in total. The zero-order chi connectivity index (χ0) is 26.5. The molecule has 0 radical (unpaired) electrons. The maximum Gasteiger partial charge on any atom is 0.343 e. The molecule has 0 aliphatic carbocycles. The van der Waals surface area contributed by atoms with Crippen LogP contribution in [0.25, 0.3) is 0 Å². The van der Waals surface area contributed by atoms with E-state index >= 15 is 0 Å². The molecule has 0 N–H and O–H groups in total. The molecule has 0 amide bonds. The Bertz CT molecular complexity index is 1180. The van der Waals surface area contributed by atoms with Crippen LogP contribution in [0.3, 0.4) is 0 Å². The molecule has 0 heterocycles. The van der Waals surface area contributed by atoms with Crippen LogP contribution in [0.1, 0.15) is 40.0 Å². The van der Waals surface area contributed by atoms with Crippen LogP contribution >= 0.6 is 0 Å². The van der Waals surface area contributed by atoms with Crippen LogP contribution in [-0.4, -0.2) is 38.2 Å². The van der Waals surface area contributed by atoms with Gasteiger partial charge in [-0.25, -0.2) is 14.4 Å². The lowest BCUT2D eigenvalue weighted by molar-refractivity contribution is -0.137. The Morgan fingerprint density at radius 1 is 0.649 bits per heavy atom. The van der Waals surface area contributed by atoms with Gasteiger partial charge in [0.2, 0.25) is 0 Å². The van der Waals surface area contributed by atoms with Crippen molar-refractivity contribution in [2.45, 2.75) is 19.3 Å². The number of carbonyl (C=O) groups excluding carboxylic acids is 3. The highest BCUT2D eigenvalue weighted by molar-refractivity contribution is 5.92. The zero-order valence-corrected chi connectivity index (χ0v) is 20.5. The lowest BCUT2D eigenvalue weighted by Gasteiger charge is -2.09. The first kappa shape index (κ1) is 27.0. The Morgan fingerprint density at radius 2 is 1.11 bits per heavy atom. The van der Waals surface area contributed by atoms with E-state index < -0.39 is 17.9 Å². The van der Waals surface area contributed by atoms with E-state index in [4.69, 9.17) is 23.7 Å². The topological polar surface area (TPSA) is 97.4 Å². The average molecular weight is 505 g/mol. The van der Waals surface area contributed by atoms with Gasteiger partial charge in [0.25, 0.3) is 0 Å². The van der Waals surface area contributed by atoms with E-state index in [1.807, 2.05) is 0 Å². The van der Waals surface area contributed by atoms with Crippen LogP contribution in [0.2, 0.25) is 0 Å². The van der Waals surface area contributed by atoms with Crippen molar-refractivity contribution in [3.63, 3.8) is 0 Å². The van der Waals surface area contributed by atoms with Gasteiger partial charge < -0.3 is 23.7 Å². The SMILES string of the molecule is C=CC(=O)OCCCCCOc1ccc(C(=O)Oc2ccc(OC(=O)c3ccc(OC)cc3)cc2)cc1. The molecular weight excluding hydrogens is 476 g/mol. The number of hydrogen-bond donors (Lipinski definition) is 0. The highest BCUT2D eigenvalue weighted by atomic mass is 16.5. The normalized spacial score (nSPS) is 10.2. The van der Waals surface area contributed by atoms with Crippen molar-refractivity contribution in [2.75, 3.05) is 20.3 Å². The maximum atomic E-state index is 12.5. The minimum absolute atomic E-state index is 0.313. The van der Waals surface area contributed by atoms with E-state index in [1.54, 1.807) is 79.9 Å². The summed E-state index contributed by atoms with van der Waals surface area (Å²) >= 11 is 0. The van der Waals surface area contributed by atoms with Gasteiger partial charge in [0.05, 0.1) is 31.5 Å². The van der Waals surface area contributed by atoms with Crippen LogP contribution in [0.4, 0.5) is 0 Å². The minimum atomic E-state index is -0.524. The van der Waals surface area contributed by atoms with Gasteiger partial charge in [0.15, 0.2) is 0 Å². The molecule has 0 atom stereocenters. The monoisotopic (exact) mass is 504 g/mol. The van der Waals surface area contributed by atoms with Gasteiger partial charge in [0.1, 0.15) is 23.0 Å². The molecule has 0 bridgehead atoms. The minimum Gasteiger partial charge on any atom is -0.497 e. The number of rotatable bonds is 13. The number of methoxy groups -OCH3 is 1. The Balaban J connectivity index is 1.41. The Labute approximate surface area is 215 Å². The first-order valence-electron chi connectivity index (χ1n) is 11.7. The van der Waals surface area contributed by atoms with Crippen LogP contribution < -0.4 is 18.9 Å². The number of hydrogen-bond acceptors (Lipinski definition) is 8. The summed E-state index contributed by atoms with van der Waals surface area (Å²) in [6.45, 7) is 4.21. The molecule has 3 aromatic rings. The number of benzene rings is 3. The molecule has 8 heteroatoms. The van der Waals surface area contributed by atoms with Crippen molar-refractivity contribution < 1.29 is 38.1 Å². The fourth-order valence-electron chi connectivity index (χ4n) is 3.12. The molecule has 192 valence electrons. The first-order chi connectivity index (χ1) is 18.0. The fourth-order valence-corrected chi connectivity index (χ4v) is 3.12. The third kappa shape index (κ3) is 8.85. The standard InChI is InChI=1S/C29H28O8/c1-3-27(30)35-20-6-4-5-19-34-24-13-9-22(10-14-24)29(32)37-26-17-15-25(16-18-26)36-28(31)21-7-11-23(33-2)12-8-21/h3,7-18H,1,4-6,19-20H2,2H3. The highest BCUT2D eigenvalue weighted by Gasteiger charge is 2.11. The van der Waals surface area contributed by atoms with Crippen molar-refractivity contribution in [2.24, 2.45) is 0 Å². The summed E-state index contributed by atoms with van der Waals surface area (Å²) in [5.41, 5.74) is 0.752. The van der Waals surface area contributed by atoms with Gasteiger partial charge in [-0.2, -0.15) is 0 Å². The molecule has 0 aliphatic heterocycles. The molecule has 0 unspecified atom stereocenters. The van der Waals surface area contributed by atoms with E-state index in [-0.39, 0.29) is 0 Å².